The molecule has 0 fully saturated rings. The van der Waals surface area contributed by atoms with Gasteiger partial charge in [-0.1, -0.05) is 6.92 Å². The first-order valence-electron chi connectivity index (χ1n) is 9.37. The highest BCUT2D eigenvalue weighted by atomic mass is 32.2. The van der Waals surface area contributed by atoms with Crippen molar-refractivity contribution in [3.8, 4) is 0 Å². The van der Waals surface area contributed by atoms with Gasteiger partial charge in [0.2, 0.25) is 0 Å². The lowest BCUT2D eigenvalue weighted by Gasteiger charge is -2.36. The third-order valence-electron chi connectivity index (χ3n) is 5.12. The lowest BCUT2D eigenvalue weighted by molar-refractivity contribution is 0.102. The number of nitrogens with zero attached hydrogens (tertiary/aromatic N) is 2. The summed E-state index contributed by atoms with van der Waals surface area (Å²) in [6.07, 6.45) is 5.31. The first-order valence-corrected chi connectivity index (χ1v) is 10.6. The maximum absolute atomic E-state index is 14.5. The fraction of sp³-hybridized carbons (Fsp3) is 0.381. The number of nitrogens with two attached hydrogens (primary N) is 1. The minimum absolute atomic E-state index is 0.0694. The van der Waals surface area contributed by atoms with E-state index in [0.717, 1.165) is 25.1 Å². The van der Waals surface area contributed by atoms with Crippen LogP contribution in [0, 0.1) is 11.6 Å². The van der Waals surface area contributed by atoms with Crippen LogP contribution in [-0.2, 0) is 0 Å². The van der Waals surface area contributed by atoms with E-state index in [-0.39, 0.29) is 10.4 Å². The molecule has 2 aromatic rings. The molecule has 2 unspecified atom stereocenters. The summed E-state index contributed by atoms with van der Waals surface area (Å²) < 4.78 is 36.7. The SMILES string of the molecule is CCC1(SC)CCC(c2cc(NC(=O)c3ccc(F)cn3)ccc2F)N=C1N.CF. The molecule has 0 spiro atoms. The number of aromatic nitrogens is 1. The molecule has 5 nitrogen and oxygen atoms in total. The Bertz CT molecular complexity index is 902. The number of aliphatic imine (C=N–C) groups is 1. The van der Waals surface area contributed by atoms with Crippen LogP contribution in [-0.4, -0.2) is 34.9 Å². The Balaban J connectivity index is 0.00000155. The Labute approximate surface area is 178 Å². The summed E-state index contributed by atoms with van der Waals surface area (Å²) in [5, 5.41) is 2.66. The number of benzene rings is 1. The van der Waals surface area contributed by atoms with E-state index >= 15 is 0 Å². The van der Waals surface area contributed by atoms with E-state index < -0.39 is 23.6 Å². The number of amides is 1. The van der Waals surface area contributed by atoms with Gasteiger partial charge in [-0.3, -0.25) is 14.2 Å². The fourth-order valence-corrected chi connectivity index (χ4v) is 4.24. The van der Waals surface area contributed by atoms with Crippen LogP contribution in [0.3, 0.4) is 0 Å². The molecule has 3 N–H and O–H groups in total. The van der Waals surface area contributed by atoms with E-state index in [2.05, 4.69) is 22.2 Å². The number of alkyl halides is 1. The average Bonchev–Trinajstić information content (AvgIpc) is 2.77. The van der Waals surface area contributed by atoms with Gasteiger partial charge in [0, 0.05) is 11.3 Å². The molecule has 1 aliphatic rings. The first-order chi connectivity index (χ1) is 14.4. The summed E-state index contributed by atoms with van der Waals surface area (Å²) in [6.45, 7) is 2.07. The molecule has 1 aromatic heterocycles. The Morgan fingerprint density at radius 1 is 1.30 bits per heavy atom. The van der Waals surface area contributed by atoms with Crippen LogP contribution in [0.25, 0.3) is 0 Å². The second-order valence-corrected chi connectivity index (χ2v) is 7.86. The number of rotatable bonds is 5. The molecule has 3 rings (SSSR count). The van der Waals surface area contributed by atoms with Crippen LogP contribution in [0.2, 0.25) is 0 Å². The zero-order valence-corrected chi connectivity index (χ0v) is 17.9. The van der Waals surface area contributed by atoms with Gasteiger partial charge >= 0.3 is 0 Å². The van der Waals surface area contributed by atoms with Crippen LogP contribution < -0.4 is 11.1 Å². The molecular formula is C21H25F3N4OS. The smallest absolute Gasteiger partial charge is 0.274 e. The molecule has 0 radical (unpaired) electrons. The van der Waals surface area contributed by atoms with Crippen molar-refractivity contribution in [1.82, 2.24) is 4.98 Å². The summed E-state index contributed by atoms with van der Waals surface area (Å²) >= 11 is 1.67. The van der Waals surface area contributed by atoms with E-state index in [4.69, 9.17) is 5.73 Å². The molecule has 162 valence electrons. The number of anilines is 1. The fourth-order valence-electron chi connectivity index (χ4n) is 3.36. The van der Waals surface area contributed by atoms with Gasteiger partial charge in [-0.15, -0.1) is 0 Å². The summed E-state index contributed by atoms with van der Waals surface area (Å²) in [5.41, 5.74) is 7.09. The second-order valence-electron chi connectivity index (χ2n) is 6.67. The van der Waals surface area contributed by atoms with Crippen molar-refractivity contribution in [2.75, 3.05) is 18.8 Å². The molecule has 1 aromatic carbocycles. The van der Waals surface area contributed by atoms with Gasteiger partial charge in [0.25, 0.3) is 5.91 Å². The predicted molar refractivity (Wildman–Crippen MR) is 116 cm³/mol. The monoisotopic (exact) mass is 438 g/mol. The van der Waals surface area contributed by atoms with Crippen molar-refractivity contribution < 1.29 is 18.0 Å². The first kappa shape index (κ1) is 23.7. The van der Waals surface area contributed by atoms with Crippen molar-refractivity contribution in [1.29, 1.82) is 0 Å². The largest absolute Gasteiger partial charge is 0.386 e. The van der Waals surface area contributed by atoms with Crippen LogP contribution in [0.4, 0.5) is 18.9 Å². The second kappa shape index (κ2) is 10.5. The van der Waals surface area contributed by atoms with Crippen LogP contribution in [0.15, 0.2) is 41.5 Å². The van der Waals surface area contributed by atoms with Gasteiger partial charge in [-0.25, -0.2) is 13.8 Å². The maximum atomic E-state index is 14.5. The van der Waals surface area contributed by atoms with E-state index in [1.807, 2.05) is 6.26 Å². The van der Waals surface area contributed by atoms with Crippen molar-refractivity contribution in [3.63, 3.8) is 0 Å². The van der Waals surface area contributed by atoms with Gasteiger partial charge < -0.3 is 11.1 Å². The molecule has 0 saturated heterocycles. The van der Waals surface area contributed by atoms with E-state index in [1.54, 1.807) is 17.8 Å². The van der Waals surface area contributed by atoms with Crippen molar-refractivity contribution >= 4 is 29.2 Å². The summed E-state index contributed by atoms with van der Waals surface area (Å²) in [7, 11) is 0.500. The number of pyridine rings is 1. The van der Waals surface area contributed by atoms with E-state index in [1.165, 1.54) is 18.2 Å². The predicted octanol–water partition coefficient (Wildman–Crippen LogP) is 4.90. The van der Waals surface area contributed by atoms with Gasteiger partial charge in [0.05, 0.1) is 24.2 Å². The topological polar surface area (TPSA) is 80.4 Å². The van der Waals surface area contributed by atoms with Gasteiger partial charge in [-0.05, 0) is 55.9 Å². The van der Waals surface area contributed by atoms with E-state index in [0.29, 0.717) is 30.7 Å². The number of nitrogens with one attached hydrogen (secondary N) is 1. The Kier molecular flexibility index (Phi) is 8.28. The Morgan fingerprint density at radius 2 is 2.03 bits per heavy atom. The van der Waals surface area contributed by atoms with Gasteiger partial charge in [0.15, 0.2) is 0 Å². The molecule has 30 heavy (non-hydrogen) atoms. The minimum atomic E-state index is -0.526. The molecule has 9 heteroatoms. The highest BCUT2D eigenvalue weighted by molar-refractivity contribution is 8.00. The van der Waals surface area contributed by atoms with Crippen molar-refractivity contribution in [2.24, 2.45) is 10.7 Å². The summed E-state index contributed by atoms with van der Waals surface area (Å²) in [4.78, 5) is 20.6. The van der Waals surface area contributed by atoms with Crippen molar-refractivity contribution in [3.05, 3.63) is 59.4 Å². The zero-order chi connectivity index (χ0) is 22.3. The molecule has 0 saturated carbocycles. The van der Waals surface area contributed by atoms with Crippen LogP contribution in [0.5, 0.6) is 0 Å². The van der Waals surface area contributed by atoms with Gasteiger partial charge in [-0.2, -0.15) is 11.8 Å². The third-order valence-corrected chi connectivity index (χ3v) is 6.60. The Hall–Kier alpha value is -2.55. The molecule has 2 atom stereocenters. The normalized spacial score (nSPS) is 20.6. The number of hydrogen-bond donors (Lipinski definition) is 2. The summed E-state index contributed by atoms with van der Waals surface area (Å²) in [5.74, 6) is -0.894. The molecule has 1 aliphatic heterocycles. The highest BCUT2D eigenvalue weighted by Crippen LogP contribution is 2.41. The third kappa shape index (κ3) is 5.13. The average molecular weight is 439 g/mol. The lowest BCUT2D eigenvalue weighted by atomic mass is 9.89. The van der Waals surface area contributed by atoms with Crippen LogP contribution >= 0.6 is 11.8 Å². The highest BCUT2D eigenvalue weighted by Gasteiger charge is 2.37. The summed E-state index contributed by atoms with van der Waals surface area (Å²) in [6, 6.07) is 6.37. The number of amidine groups is 1. The molecule has 0 aliphatic carbocycles. The quantitative estimate of drug-likeness (QED) is 0.696. The van der Waals surface area contributed by atoms with Gasteiger partial charge in [0.1, 0.15) is 23.2 Å². The molecule has 1 amide bonds. The number of hydrogen-bond acceptors (Lipinski definition) is 5. The minimum Gasteiger partial charge on any atom is -0.386 e. The number of halogens is 3. The Morgan fingerprint density at radius 3 is 2.60 bits per heavy atom. The standard InChI is InChI=1S/C20H22F2N4OS.CH3F/c1-3-20(28-2)9-8-16(26-19(20)23)14-10-13(5-6-15(14)22)25-18(27)17-7-4-12(21)11-24-17;1-2/h4-7,10-11,16H,3,8-9H2,1-2H3,(H2,23,26)(H,25,27);1H3. The van der Waals surface area contributed by atoms with Crippen LogP contribution in [0.1, 0.15) is 48.3 Å². The number of thioether (sulfide) groups is 1. The number of carbonyl (C=O) groups is 1. The lowest BCUT2D eigenvalue weighted by Crippen LogP contribution is -2.43. The van der Waals surface area contributed by atoms with E-state index in [9.17, 15) is 18.0 Å². The molecular weight excluding hydrogens is 413 g/mol. The molecule has 2 heterocycles. The molecule has 0 bridgehead atoms. The number of carbonyl (C=O) groups excluding carboxylic acids is 1. The zero-order valence-electron chi connectivity index (χ0n) is 17.1. The maximum Gasteiger partial charge on any atom is 0.274 e. The van der Waals surface area contributed by atoms with Crippen molar-refractivity contribution in [2.45, 2.75) is 37.0 Å².